The topological polar surface area (TPSA) is 277 Å². The molecule has 426 valence electrons. The quantitative estimate of drug-likeness (QED) is 0.0614. The first-order chi connectivity index (χ1) is 37.4. The summed E-state index contributed by atoms with van der Waals surface area (Å²) in [5.41, 5.74) is 6.62. The van der Waals surface area contributed by atoms with Crippen LogP contribution >= 0.6 is 0 Å². The van der Waals surface area contributed by atoms with Crippen LogP contribution in [-0.4, -0.2) is 159 Å². The molecule has 2 saturated carbocycles. The molecule has 4 heterocycles. The number of anilines is 4. The number of aromatic carboxylic acids is 1. The number of fused-ring (bicyclic) bond motifs is 8. The number of carboxylic acids is 1. The van der Waals surface area contributed by atoms with E-state index in [1.165, 1.54) is 13.2 Å². The van der Waals surface area contributed by atoms with E-state index in [9.17, 15) is 41.1 Å². The van der Waals surface area contributed by atoms with Gasteiger partial charge in [0, 0.05) is 49.1 Å². The summed E-state index contributed by atoms with van der Waals surface area (Å²) < 4.78 is 70.8. The maximum atomic E-state index is 13.2. The predicted molar refractivity (Wildman–Crippen MR) is 307 cm³/mol. The summed E-state index contributed by atoms with van der Waals surface area (Å²) in [4.78, 5) is 68.2. The summed E-state index contributed by atoms with van der Waals surface area (Å²) in [5, 5.41) is 11.8. The third-order valence-electron chi connectivity index (χ3n) is 15.3. The molecule has 2 amide bonds. The summed E-state index contributed by atoms with van der Waals surface area (Å²) in [5.74, 6) is -1.63. The van der Waals surface area contributed by atoms with E-state index >= 15 is 0 Å². The number of amides is 2. The molecule has 2 aliphatic heterocycles. The summed E-state index contributed by atoms with van der Waals surface area (Å²) in [6, 6.07) is 17.7. The number of esters is 1. The minimum absolute atomic E-state index is 0. The third-order valence-corrected chi connectivity index (χ3v) is 16.5. The third kappa shape index (κ3) is 12.2. The molecule has 4 aliphatic rings. The molecular formula is C57H67N8NaO13S2. The van der Waals surface area contributed by atoms with Crippen LogP contribution in [0.2, 0.25) is 0 Å². The molecule has 2 aromatic heterocycles. The van der Waals surface area contributed by atoms with Crippen LogP contribution in [0.15, 0.2) is 73.1 Å². The first kappa shape index (κ1) is 62.2. The van der Waals surface area contributed by atoms with Gasteiger partial charge in [-0.1, -0.05) is 25.0 Å². The molecule has 24 heteroatoms. The number of benzene rings is 4. The number of sulfonamides is 2. The van der Waals surface area contributed by atoms with Crippen molar-refractivity contribution in [3.8, 4) is 33.8 Å². The molecule has 0 atom stereocenters. The fraction of sp³-hybridized carbons (Fsp3) is 0.404. The normalized spacial score (nSPS) is 15.5. The molecule has 0 bridgehead atoms. The molecule has 0 unspecified atom stereocenters. The Kier molecular flexibility index (Phi) is 18.6. The smallest absolute Gasteiger partial charge is 0.870 e. The Labute approximate surface area is 494 Å². The average Bonchev–Trinajstić information content (AvgIpc) is 3.85. The van der Waals surface area contributed by atoms with Crippen LogP contribution in [0.4, 0.5) is 22.7 Å². The van der Waals surface area contributed by atoms with Crippen molar-refractivity contribution in [1.29, 1.82) is 0 Å². The number of methoxy groups -OCH3 is 1. The van der Waals surface area contributed by atoms with Crippen molar-refractivity contribution in [3.05, 3.63) is 95.3 Å². The Bertz CT molecular complexity index is 3700. The van der Waals surface area contributed by atoms with Gasteiger partial charge in [-0.15, -0.1) is 0 Å². The fourth-order valence-corrected chi connectivity index (χ4v) is 12.4. The second-order valence-corrected chi connectivity index (χ2v) is 25.0. The Morgan fingerprint density at radius 3 is 1.38 bits per heavy atom. The van der Waals surface area contributed by atoms with Gasteiger partial charge in [0.2, 0.25) is 31.9 Å². The minimum Gasteiger partial charge on any atom is -0.870 e. The molecule has 2 aliphatic carbocycles. The van der Waals surface area contributed by atoms with Crippen LogP contribution in [0.1, 0.15) is 83.2 Å². The SMILES string of the molecule is CN(C)CCCOc1c(NS(C)(=O)=O)cc(-c2ccc3ncc4c(c3c2)C2(CCC2)C(=O)N4C)cc1C(=O)O.COC(=O)c1cc(-c2ccc3ncc4c(c3c2)C2(CCC2)C(=O)N4C)cc(NS(C)(=O)=O)c1OCCCN(C)C.[Na+].[OH-]. The zero-order chi connectivity index (χ0) is 56.9. The van der Waals surface area contributed by atoms with Gasteiger partial charge in [0.15, 0.2) is 11.5 Å². The van der Waals surface area contributed by atoms with E-state index in [-0.39, 0.29) is 94.1 Å². The average molecular weight is 1160 g/mol. The number of aromatic nitrogens is 2. The molecule has 0 radical (unpaired) electrons. The molecule has 10 rings (SSSR count). The molecule has 4 N–H and O–H groups in total. The molecule has 6 aromatic rings. The summed E-state index contributed by atoms with van der Waals surface area (Å²) in [7, 11) is 5.12. The van der Waals surface area contributed by atoms with E-state index in [2.05, 4.69) is 19.4 Å². The van der Waals surface area contributed by atoms with Gasteiger partial charge in [-0.2, -0.15) is 0 Å². The van der Waals surface area contributed by atoms with Gasteiger partial charge in [-0.05, 0) is 138 Å². The maximum absolute atomic E-state index is 13.2. The van der Waals surface area contributed by atoms with E-state index < -0.39 is 42.8 Å². The Balaban J connectivity index is 0.000000228. The maximum Gasteiger partial charge on any atom is 1.00 e. The number of likely N-dealkylation sites (N-methyl/N-ethyl adjacent to an activating group) is 2. The van der Waals surface area contributed by atoms with Gasteiger partial charge >= 0.3 is 41.5 Å². The second-order valence-electron chi connectivity index (χ2n) is 21.5. The van der Waals surface area contributed by atoms with Crippen molar-refractivity contribution in [2.24, 2.45) is 0 Å². The van der Waals surface area contributed by atoms with Crippen LogP contribution in [0.5, 0.6) is 11.5 Å². The van der Waals surface area contributed by atoms with Gasteiger partial charge in [0.25, 0.3) is 0 Å². The predicted octanol–water partition coefficient (Wildman–Crippen LogP) is 4.32. The fourth-order valence-electron chi connectivity index (χ4n) is 11.3. The molecule has 2 spiro atoms. The zero-order valence-electron chi connectivity index (χ0n) is 47.3. The van der Waals surface area contributed by atoms with Crippen LogP contribution < -0.4 is 58.3 Å². The van der Waals surface area contributed by atoms with E-state index in [1.807, 2.05) is 74.4 Å². The molecule has 4 aromatic carbocycles. The molecule has 21 nitrogen and oxygen atoms in total. The van der Waals surface area contributed by atoms with Gasteiger partial charge in [-0.3, -0.25) is 29.0 Å². The van der Waals surface area contributed by atoms with Gasteiger partial charge in [0.1, 0.15) is 11.1 Å². The number of pyridine rings is 2. The number of nitrogens with zero attached hydrogens (tertiary/aromatic N) is 6. The van der Waals surface area contributed by atoms with Crippen molar-refractivity contribution in [1.82, 2.24) is 19.8 Å². The van der Waals surface area contributed by atoms with E-state index in [0.29, 0.717) is 29.5 Å². The van der Waals surface area contributed by atoms with E-state index in [0.717, 1.165) is 114 Å². The summed E-state index contributed by atoms with van der Waals surface area (Å²) >= 11 is 0. The Hall–Kier alpha value is -6.44. The van der Waals surface area contributed by atoms with Crippen molar-refractivity contribution < 1.29 is 90.4 Å². The first-order valence-electron chi connectivity index (χ1n) is 26.0. The monoisotopic (exact) mass is 1160 g/mol. The van der Waals surface area contributed by atoms with Crippen LogP contribution in [0.25, 0.3) is 44.1 Å². The van der Waals surface area contributed by atoms with Gasteiger partial charge in [-0.25, -0.2) is 26.4 Å². The van der Waals surface area contributed by atoms with Crippen molar-refractivity contribution in [3.63, 3.8) is 0 Å². The number of nitrogens with one attached hydrogen (secondary N) is 2. The Morgan fingerprint density at radius 1 is 0.642 bits per heavy atom. The molecular weight excluding hydrogens is 1090 g/mol. The number of rotatable bonds is 18. The molecule has 0 saturated heterocycles. The zero-order valence-corrected chi connectivity index (χ0v) is 50.9. The molecule has 81 heavy (non-hydrogen) atoms. The van der Waals surface area contributed by atoms with Gasteiger partial charge in [0.05, 0.1) is 89.8 Å². The van der Waals surface area contributed by atoms with E-state index in [1.54, 1.807) is 54.5 Å². The van der Waals surface area contributed by atoms with Crippen molar-refractivity contribution >= 4 is 88.4 Å². The van der Waals surface area contributed by atoms with Crippen LogP contribution in [-0.2, 0) is 45.2 Å². The number of hydrogen-bond acceptors (Lipinski definition) is 16. The van der Waals surface area contributed by atoms with Crippen LogP contribution in [0.3, 0.4) is 0 Å². The largest absolute Gasteiger partial charge is 1.00 e. The standard InChI is InChI=1S/C29H34N4O6S.C28H32N4O6S.Na.H2O/c1-32(2)12-7-13-39-26-21(27(34)38-4)15-19(16-23(26)31-40(5,36)37)18-8-9-22-20(14-18)25-24(17-30-22)33(3)28(35)29(25)10-6-11-29;1-31(2)11-6-12-38-25-20(26(33)34)14-18(15-22(25)30-39(4,36)37)17-7-8-21-19(13-17)24-23(16-29-21)32(3)27(35)28(24)9-5-10-28;;/h8-9,14-17,31H,6-7,10-13H2,1-5H3;7-8,13-16,30H,5-6,9-12H2,1-4H3,(H,33,34);;1H2/q;;+1;/p-1. The molecule has 2 fully saturated rings. The minimum atomic E-state index is -3.74. The summed E-state index contributed by atoms with van der Waals surface area (Å²) in [6.45, 7) is 1.98. The number of carbonyl (C=O) groups excluding carboxylic acids is 3. The van der Waals surface area contributed by atoms with Crippen LogP contribution in [0, 0.1) is 0 Å². The summed E-state index contributed by atoms with van der Waals surface area (Å²) in [6.07, 6.45) is 11.9. The first-order valence-corrected chi connectivity index (χ1v) is 29.8. The number of hydrogen-bond donors (Lipinski definition) is 3. The Morgan fingerprint density at radius 2 is 1.04 bits per heavy atom. The number of carbonyl (C=O) groups is 4. The van der Waals surface area contributed by atoms with Gasteiger partial charge < -0.3 is 44.4 Å². The number of carboxylic acid groups (broad SMARTS) is 1. The van der Waals surface area contributed by atoms with Crippen molar-refractivity contribution in [2.45, 2.75) is 62.2 Å². The second kappa shape index (κ2) is 24.2. The van der Waals surface area contributed by atoms with Crippen molar-refractivity contribution in [2.75, 3.05) is 107 Å². The van der Waals surface area contributed by atoms with E-state index in [4.69, 9.17) is 14.2 Å². The number of ether oxygens (including phenoxy) is 3.